The van der Waals surface area contributed by atoms with Gasteiger partial charge in [0.05, 0.1) is 0 Å². The van der Waals surface area contributed by atoms with Crippen molar-refractivity contribution in [3.05, 3.63) is 31.5 Å². The highest BCUT2D eigenvalue weighted by atomic mass is 28.2. The molecule has 0 radical (unpaired) electrons. The highest BCUT2D eigenvalue weighted by Gasteiger charge is 2.08. The molecule has 8 heteroatoms. The normalized spacial score (nSPS) is 11.3. The Labute approximate surface area is 87.3 Å². The molecule has 1 heterocycles. The SMILES string of the molecule is CCCn1c(=O)[nH]c(=O)n([SiH2]OC)c1=O. The Morgan fingerprint density at radius 3 is 2.53 bits per heavy atom. The predicted octanol–water partition coefficient (Wildman–Crippen LogP) is -2.40. The number of H-pyrrole nitrogens is 1. The van der Waals surface area contributed by atoms with Gasteiger partial charge < -0.3 is 4.43 Å². The van der Waals surface area contributed by atoms with Crippen molar-refractivity contribution in [3.8, 4) is 0 Å². The number of aromatic nitrogens is 3. The Morgan fingerprint density at radius 1 is 1.33 bits per heavy atom. The minimum absolute atomic E-state index is 0.298. The molecule has 0 atom stereocenters. The van der Waals surface area contributed by atoms with E-state index in [1.165, 1.54) is 7.11 Å². The fraction of sp³-hybridized carbons (Fsp3) is 0.571. The third-order valence-electron chi connectivity index (χ3n) is 1.87. The molecule has 0 saturated carbocycles. The predicted molar refractivity (Wildman–Crippen MR) is 56.8 cm³/mol. The van der Waals surface area contributed by atoms with Crippen LogP contribution in [-0.4, -0.2) is 30.8 Å². The summed E-state index contributed by atoms with van der Waals surface area (Å²) in [7, 11) is 0.0114. The van der Waals surface area contributed by atoms with E-state index in [9.17, 15) is 14.4 Å². The molecule has 1 N–H and O–H groups in total. The Morgan fingerprint density at radius 2 is 2.00 bits per heavy atom. The first-order valence-electron chi connectivity index (χ1n) is 4.54. The van der Waals surface area contributed by atoms with Gasteiger partial charge in [-0.1, -0.05) is 6.92 Å². The van der Waals surface area contributed by atoms with Crippen molar-refractivity contribution >= 4 is 9.92 Å². The van der Waals surface area contributed by atoms with Gasteiger partial charge >= 0.3 is 17.1 Å². The number of rotatable bonds is 4. The monoisotopic (exact) mass is 231 g/mol. The second-order valence-electron chi connectivity index (χ2n) is 3.02. The summed E-state index contributed by atoms with van der Waals surface area (Å²) in [6.45, 7) is 2.14. The molecule has 0 unspecified atom stereocenters. The molecule has 0 spiro atoms. The summed E-state index contributed by atoms with van der Waals surface area (Å²) in [5.41, 5.74) is -1.93. The van der Waals surface area contributed by atoms with E-state index in [0.717, 1.165) is 8.80 Å². The summed E-state index contributed by atoms with van der Waals surface area (Å²) in [6, 6.07) is 0. The third kappa shape index (κ3) is 2.33. The van der Waals surface area contributed by atoms with Crippen LogP contribution in [0.25, 0.3) is 0 Å². The summed E-state index contributed by atoms with van der Waals surface area (Å²) in [5.74, 6) is 0. The molecule has 1 aromatic heterocycles. The summed E-state index contributed by atoms with van der Waals surface area (Å²) in [5, 5.41) is 0. The van der Waals surface area contributed by atoms with Crippen LogP contribution in [0.1, 0.15) is 13.3 Å². The zero-order valence-electron chi connectivity index (χ0n) is 8.65. The largest absolute Gasteiger partial charge is 0.406 e. The third-order valence-corrected chi connectivity index (χ3v) is 2.95. The molecule has 84 valence electrons. The summed E-state index contributed by atoms with van der Waals surface area (Å²) >= 11 is 0. The average molecular weight is 231 g/mol. The topological polar surface area (TPSA) is 86.1 Å². The molecule has 0 bridgehead atoms. The van der Waals surface area contributed by atoms with Crippen LogP contribution >= 0.6 is 0 Å². The van der Waals surface area contributed by atoms with E-state index in [0.29, 0.717) is 13.0 Å². The van der Waals surface area contributed by atoms with E-state index in [1.54, 1.807) is 0 Å². The van der Waals surface area contributed by atoms with Gasteiger partial charge in [-0.25, -0.2) is 19.0 Å². The van der Waals surface area contributed by atoms with Crippen LogP contribution in [-0.2, 0) is 11.0 Å². The van der Waals surface area contributed by atoms with Crippen LogP contribution in [0.5, 0.6) is 0 Å². The first-order chi connectivity index (χ1) is 7.11. The Kier molecular flexibility index (Phi) is 3.80. The van der Waals surface area contributed by atoms with Crippen molar-refractivity contribution in [3.63, 3.8) is 0 Å². The molecule has 0 fully saturated rings. The van der Waals surface area contributed by atoms with Gasteiger partial charge in [-0.2, -0.15) is 0 Å². The Balaban J connectivity index is 3.43. The second kappa shape index (κ2) is 4.89. The van der Waals surface area contributed by atoms with Crippen LogP contribution in [0.15, 0.2) is 14.4 Å². The zero-order chi connectivity index (χ0) is 11.4. The first kappa shape index (κ1) is 11.7. The molecule has 0 aliphatic carbocycles. The second-order valence-corrected chi connectivity index (χ2v) is 4.48. The molecule has 0 aliphatic heterocycles. The molecular weight excluding hydrogens is 218 g/mol. The summed E-state index contributed by atoms with van der Waals surface area (Å²) in [6.07, 6.45) is 0.649. The van der Waals surface area contributed by atoms with Crippen LogP contribution in [0, 0.1) is 0 Å². The van der Waals surface area contributed by atoms with Crippen molar-refractivity contribution in [1.29, 1.82) is 0 Å². The summed E-state index contributed by atoms with van der Waals surface area (Å²) < 4.78 is 6.81. The first-order valence-corrected chi connectivity index (χ1v) is 5.75. The van der Waals surface area contributed by atoms with Crippen molar-refractivity contribution < 1.29 is 4.43 Å². The molecule has 0 saturated heterocycles. The van der Waals surface area contributed by atoms with E-state index in [2.05, 4.69) is 4.98 Å². The lowest BCUT2D eigenvalue weighted by molar-refractivity contribution is 0.425. The number of hydrogen-bond donors (Lipinski definition) is 1. The average Bonchev–Trinajstić information content (AvgIpc) is 2.19. The van der Waals surface area contributed by atoms with Crippen molar-refractivity contribution in [1.82, 2.24) is 13.8 Å². The fourth-order valence-corrected chi connectivity index (χ4v) is 1.95. The maximum Gasteiger partial charge on any atom is 0.333 e. The number of hydrogen-bond acceptors (Lipinski definition) is 4. The molecule has 15 heavy (non-hydrogen) atoms. The van der Waals surface area contributed by atoms with Gasteiger partial charge in [-0.15, -0.1) is 0 Å². The van der Waals surface area contributed by atoms with E-state index < -0.39 is 27.0 Å². The van der Waals surface area contributed by atoms with Gasteiger partial charge in [0.1, 0.15) is 0 Å². The number of nitrogens with one attached hydrogen (secondary N) is 1. The lowest BCUT2D eigenvalue weighted by Crippen LogP contribution is -2.51. The minimum Gasteiger partial charge on any atom is -0.406 e. The van der Waals surface area contributed by atoms with E-state index in [4.69, 9.17) is 4.43 Å². The van der Waals surface area contributed by atoms with Crippen molar-refractivity contribution in [2.75, 3.05) is 7.11 Å². The maximum atomic E-state index is 11.7. The minimum atomic E-state index is -1.41. The standard InChI is InChI=1S/C7H13N3O4Si/c1-3-4-9-5(11)8-6(12)10(7(9)13)15-14-2/h3-4,15H2,1-2H3,(H,8,11,12). The summed E-state index contributed by atoms with van der Waals surface area (Å²) in [4.78, 5) is 36.3. The molecule has 0 amide bonds. The Bertz CT molecular complexity index is 459. The fourth-order valence-electron chi connectivity index (χ4n) is 1.21. The van der Waals surface area contributed by atoms with Crippen LogP contribution in [0.3, 0.4) is 0 Å². The number of aromatic amines is 1. The van der Waals surface area contributed by atoms with E-state index >= 15 is 0 Å². The van der Waals surface area contributed by atoms with E-state index in [1.807, 2.05) is 6.92 Å². The number of nitrogens with zero attached hydrogens (tertiary/aromatic N) is 2. The van der Waals surface area contributed by atoms with Crippen LogP contribution < -0.4 is 17.1 Å². The molecule has 0 aliphatic rings. The van der Waals surface area contributed by atoms with Gasteiger partial charge in [0, 0.05) is 13.7 Å². The molecule has 1 rings (SSSR count). The zero-order valence-corrected chi connectivity index (χ0v) is 10.1. The highest BCUT2D eigenvalue weighted by molar-refractivity contribution is 6.24. The smallest absolute Gasteiger partial charge is 0.333 e. The Hall–Kier alpha value is -1.41. The van der Waals surface area contributed by atoms with Gasteiger partial charge in [0.2, 0.25) is 0 Å². The van der Waals surface area contributed by atoms with Gasteiger partial charge in [-0.05, 0) is 6.42 Å². The van der Waals surface area contributed by atoms with Crippen molar-refractivity contribution in [2.45, 2.75) is 19.9 Å². The van der Waals surface area contributed by atoms with Gasteiger partial charge in [0.15, 0.2) is 0 Å². The van der Waals surface area contributed by atoms with Crippen molar-refractivity contribution in [2.24, 2.45) is 0 Å². The molecule has 0 aromatic carbocycles. The molecule has 1 aromatic rings. The lowest BCUT2D eigenvalue weighted by atomic mass is 10.5. The van der Waals surface area contributed by atoms with Crippen LogP contribution in [0.2, 0.25) is 0 Å². The quantitative estimate of drug-likeness (QED) is 0.585. The molecule has 7 nitrogen and oxygen atoms in total. The maximum absolute atomic E-state index is 11.7. The van der Waals surface area contributed by atoms with Gasteiger partial charge in [-0.3, -0.25) is 9.22 Å². The van der Waals surface area contributed by atoms with E-state index in [-0.39, 0.29) is 0 Å². The van der Waals surface area contributed by atoms with Crippen LogP contribution in [0.4, 0.5) is 0 Å². The molecular formula is C7H13N3O4Si. The highest BCUT2D eigenvalue weighted by Crippen LogP contribution is 1.76. The lowest BCUT2D eigenvalue weighted by Gasteiger charge is -2.06. The van der Waals surface area contributed by atoms with Gasteiger partial charge in [0.25, 0.3) is 9.92 Å².